The van der Waals surface area contributed by atoms with Gasteiger partial charge in [0, 0.05) is 39.0 Å². The van der Waals surface area contributed by atoms with Gasteiger partial charge in [0.2, 0.25) is 0 Å². The molecule has 3 rings (SSSR count). The first-order valence-electron chi connectivity index (χ1n) is 9.79. The maximum Gasteiger partial charge on any atom is 0.254 e. The molecule has 0 aliphatic heterocycles. The van der Waals surface area contributed by atoms with Crippen LogP contribution in [0, 0.1) is 17.1 Å². The molecule has 31 heavy (non-hydrogen) atoms. The number of nitriles is 1. The number of hydrogen-bond donors (Lipinski definition) is 1. The molecule has 1 N–H and O–H groups in total. The molecule has 0 saturated heterocycles. The van der Waals surface area contributed by atoms with Gasteiger partial charge in [0.1, 0.15) is 5.82 Å². The van der Waals surface area contributed by atoms with Gasteiger partial charge in [0.05, 0.1) is 11.6 Å². The molecule has 0 aliphatic rings. The molecular formula is C25H24FN3O2. The number of anilines is 1. The molecule has 3 aromatic carbocycles. The number of benzene rings is 3. The number of hydrogen-bond acceptors (Lipinski definition) is 4. The average molecular weight is 417 g/mol. The third-order valence-electron chi connectivity index (χ3n) is 5.02. The zero-order valence-electron chi connectivity index (χ0n) is 17.7. The van der Waals surface area contributed by atoms with Gasteiger partial charge in [0.15, 0.2) is 6.10 Å². The Morgan fingerprint density at radius 3 is 2.26 bits per heavy atom. The minimum atomic E-state index is -1.07. The molecule has 0 bridgehead atoms. The summed E-state index contributed by atoms with van der Waals surface area (Å²) in [4.78, 5) is 14.6. The summed E-state index contributed by atoms with van der Waals surface area (Å²) in [6.07, 6.45) is -1.07. The van der Waals surface area contributed by atoms with Crippen molar-refractivity contribution in [3.05, 3.63) is 89.2 Å². The van der Waals surface area contributed by atoms with Crippen LogP contribution in [-0.2, 0) is 16.1 Å². The number of carbonyl (C=O) groups excluding carboxylic acids is 1. The van der Waals surface area contributed by atoms with Crippen molar-refractivity contribution in [1.29, 1.82) is 5.26 Å². The van der Waals surface area contributed by atoms with Crippen LogP contribution in [0.15, 0.2) is 66.7 Å². The van der Waals surface area contributed by atoms with Gasteiger partial charge in [-0.05, 0) is 47.0 Å². The molecule has 0 unspecified atom stereocenters. The van der Waals surface area contributed by atoms with Gasteiger partial charge in [-0.2, -0.15) is 5.26 Å². The summed E-state index contributed by atoms with van der Waals surface area (Å²) < 4.78 is 20.2. The lowest BCUT2D eigenvalue weighted by Gasteiger charge is -2.17. The Morgan fingerprint density at radius 2 is 1.71 bits per heavy atom. The molecule has 158 valence electrons. The lowest BCUT2D eigenvalue weighted by Crippen LogP contribution is -2.30. The van der Waals surface area contributed by atoms with Crippen LogP contribution in [0.2, 0.25) is 0 Å². The predicted molar refractivity (Wildman–Crippen MR) is 119 cm³/mol. The fraction of sp³-hybridized carbons (Fsp3) is 0.200. The molecule has 0 fully saturated rings. The second kappa shape index (κ2) is 9.88. The summed E-state index contributed by atoms with van der Waals surface area (Å²) in [7, 11) is 5.29. The Hall–Kier alpha value is -3.69. The molecule has 1 atom stereocenters. The van der Waals surface area contributed by atoms with Gasteiger partial charge in [-0.1, -0.05) is 36.4 Å². The first-order chi connectivity index (χ1) is 14.9. The molecule has 6 heteroatoms. The molecule has 5 nitrogen and oxygen atoms in total. The monoisotopic (exact) mass is 417 g/mol. The highest BCUT2D eigenvalue weighted by molar-refractivity contribution is 5.82. The van der Waals surface area contributed by atoms with E-state index in [9.17, 15) is 9.18 Å². The van der Waals surface area contributed by atoms with Crippen LogP contribution in [0.4, 0.5) is 10.1 Å². The van der Waals surface area contributed by atoms with Crippen LogP contribution in [0.25, 0.3) is 11.1 Å². The molecule has 1 amide bonds. The van der Waals surface area contributed by atoms with Gasteiger partial charge in [-0.15, -0.1) is 0 Å². The van der Waals surface area contributed by atoms with Crippen LogP contribution < -0.4 is 10.2 Å². The van der Waals surface area contributed by atoms with Gasteiger partial charge in [-0.3, -0.25) is 4.79 Å². The van der Waals surface area contributed by atoms with E-state index in [1.807, 2.05) is 49.3 Å². The van der Waals surface area contributed by atoms with Crippen LogP contribution >= 0.6 is 0 Å². The van der Waals surface area contributed by atoms with Gasteiger partial charge in [0.25, 0.3) is 5.91 Å². The molecule has 0 spiro atoms. The SMILES string of the molecule is CO[C@H](C(=O)NCc1ccc(C#N)cc1)c1ccc(-c2ccc(N(C)C)cc2)cc1F. The Morgan fingerprint density at radius 1 is 1.06 bits per heavy atom. The van der Waals surface area contributed by atoms with E-state index < -0.39 is 17.8 Å². The van der Waals surface area contributed by atoms with Crippen molar-refractivity contribution < 1.29 is 13.9 Å². The van der Waals surface area contributed by atoms with E-state index >= 15 is 0 Å². The van der Waals surface area contributed by atoms with E-state index in [2.05, 4.69) is 5.32 Å². The van der Waals surface area contributed by atoms with E-state index in [0.29, 0.717) is 5.56 Å². The van der Waals surface area contributed by atoms with Crippen molar-refractivity contribution in [3.63, 3.8) is 0 Å². The van der Waals surface area contributed by atoms with Gasteiger partial charge < -0.3 is 15.0 Å². The first kappa shape index (κ1) is 22.0. The minimum Gasteiger partial charge on any atom is -0.378 e. The highest BCUT2D eigenvalue weighted by atomic mass is 19.1. The molecule has 0 saturated carbocycles. The van der Waals surface area contributed by atoms with Crippen molar-refractivity contribution in [2.24, 2.45) is 0 Å². The fourth-order valence-corrected chi connectivity index (χ4v) is 3.23. The lowest BCUT2D eigenvalue weighted by molar-refractivity contribution is -0.131. The number of carbonyl (C=O) groups is 1. The highest BCUT2D eigenvalue weighted by Crippen LogP contribution is 2.28. The zero-order valence-corrected chi connectivity index (χ0v) is 17.7. The predicted octanol–water partition coefficient (Wildman–Crippen LogP) is 4.43. The number of nitrogens with zero attached hydrogens (tertiary/aromatic N) is 2. The highest BCUT2D eigenvalue weighted by Gasteiger charge is 2.23. The van der Waals surface area contributed by atoms with Crippen LogP contribution in [-0.4, -0.2) is 27.1 Å². The molecular weight excluding hydrogens is 393 g/mol. The Balaban J connectivity index is 1.73. The average Bonchev–Trinajstić information content (AvgIpc) is 2.79. The number of methoxy groups -OCH3 is 1. The summed E-state index contributed by atoms with van der Waals surface area (Å²) in [5.41, 5.74) is 4.21. The van der Waals surface area contributed by atoms with E-state index in [4.69, 9.17) is 10.00 Å². The standard InChI is InChI=1S/C25H24FN3O2/c1-29(2)21-11-8-19(9-12-21)20-10-13-22(23(26)14-20)24(31-3)25(30)28-16-18-6-4-17(15-27)5-7-18/h4-14,24H,16H2,1-3H3,(H,28,30)/t24-/m0/s1. The molecule has 0 aliphatic carbocycles. The number of nitrogens with one attached hydrogen (secondary N) is 1. The summed E-state index contributed by atoms with van der Waals surface area (Å²) in [5, 5.41) is 11.6. The lowest BCUT2D eigenvalue weighted by atomic mass is 10.0. The van der Waals surface area contributed by atoms with Crippen molar-refractivity contribution >= 4 is 11.6 Å². The Kier molecular flexibility index (Phi) is 7.01. The molecule has 0 aromatic heterocycles. The fourth-order valence-electron chi connectivity index (χ4n) is 3.23. The minimum absolute atomic E-state index is 0.175. The zero-order chi connectivity index (χ0) is 22.4. The quantitative estimate of drug-likeness (QED) is 0.618. The summed E-state index contributed by atoms with van der Waals surface area (Å²) >= 11 is 0. The Bertz CT molecular complexity index is 1090. The van der Waals surface area contributed by atoms with Crippen LogP contribution in [0.5, 0.6) is 0 Å². The second-order valence-corrected chi connectivity index (χ2v) is 7.32. The van der Waals surface area contributed by atoms with Crippen LogP contribution in [0.3, 0.4) is 0 Å². The van der Waals surface area contributed by atoms with Crippen molar-refractivity contribution in [2.75, 3.05) is 26.1 Å². The summed E-state index contributed by atoms with van der Waals surface area (Å²) in [6.45, 7) is 0.252. The van der Waals surface area contributed by atoms with Gasteiger partial charge in [-0.25, -0.2) is 4.39 Å². The van der Waals surface area contributed by atoms with Gasteiger partial charge >= 0.3 is 0 Å². The molecule has 0 radical (unpaired) electrons. The van der Waals surface area contributed by atoms with Crippen molar-refractivity contribution in [3.8, 4) is 17.2 Å². The summed E-state index contributed by atoms with van der Waals surface area (Å²) in [6, 6.07) is 21.5. The van der Waals surface area contributed by atoms with Crippen molar-refractivity contribution in [2.45, 2.75) is 12.6 Å². The Labute approximate surface area is 181 Å². The number of amides is 1. The number of rotatable bonds is 7. The second-order valence-electron chi connectivity index (χ2n) is 7.32. The van der Waals surface area contributed by atoms with Crippen molar-refractivity contribution in [1.82, 2.24) is 5.32 Å². The topological polar surface area (TPSA) is 65.4 Å². The normalized spacial score (nSPS) is 11.5. The van der Waals surface area contributed by atoms with E-state index in [-0.39, 0.29) is 12.1 Å². The smallest absolute Gasteiger partial charge is 0.254 e. The molecule has 0 heterocycles. The van der Waals surface area contributed by atoms with E-state index in [1.165, 1.54) is 13.2 Å². The maximum atomic E-state index is 14.9. The number of ether oxygens (including phenoxy) is 1. The van der Waals surface area contributed by atoms with Crippen LogP contribution in [0.1, 0.15) is 22.8 Å². The van der Waals surface area contributed by atoms with E-state index in [1.54, 1.807) is 36.4 Å². The third kappa shape index (κ3) is 5.27. The number of halogens is 1. The molecule has 3 aromatic rings. The summed E-state index contributed by atoms with van der Waals surface area (Å²) in [5.74, 6) is -0.941. The largest absolute Gasteiger partial charge is 0.378 e. The maximum absolute atomic E-state index is 14.9. The third-order valence-corrected chi connectivity index (χ3v) is 5.02. The first-order valence-corrected chi connectivity index (χ1v) is 9.79. The van der Waals surface area contributed by atoms with E-state index in [0.717, 1.165) is 22.4 Å².